The Kier molecular flexibility index (Phi) is 6.21. The van der Waals surface area contributed by atoms with Crippen molar-refractivity contribution >= 4 is 24.6 Å². The summed E-state index contributed by atoms with van der Waals surface area (Å²) in [5.41, 5.74) is 3.54. The van der Waals surface area contributed by atoms with Gasteiger partial charge in [-0.2, -0.15) is 12.6 Å². The fourth-order valence-electron chi connectivity index (χ4n) is 1.85. The number of carbonyl (C=O) groups excluding carboxylic acids is 2. The second kappa shape index (κ2) is 7.43. The van der Waals surface area contributed by atoms with Gasteiger partial charge in [0.25, 0.3) is 0 Å². The fraction of sp³-hybridized carbons (Fsp3) is 0.667. The van der Waals surface area contributed by atoms with Crippen molar-refractivity contribution in [1.29, 1.82) is 0 Å². The summed E-state index contributed by atoms with van der Waals surface area (Å²) in [7, 11) is 0. The smallest absolute Gasteiger partial charge is 0.363 e. The first-order valence-electron chi connectivity index (χ1n) is 6.15. The summed E-state index contributed by atoms with van der Waals surface area (Å²) in [6.07, 6.45) is 4.88. The maximum Gasteiger partial charge on any atom is 0.363 e. The molecule has 1 fully saturated rings. The van der Waals surface area contributed by atoms with E-state index in [-0.39, 0.29) is 5.70 Å². The van der Waals surface area contributed by atoms with E-state index in [9.17, 15) is 9.59 Å². The zero-order chi connectivity index (χ0) is 13.5. The van der Waals surface area contributed by atoms with Gasteiger partial charge in [-0.3, -0.25) is 10.6 Å². The highest BCUT2D eigenvalue weighted by atomic mass is 32.1. The van der Waals surface area contributed by atoms with Gasteiger partial charge in [0.05, 0.1) is 5.92 Å². The molecule has 1 aliphatic carbocycles. The fourth-order valence-corrected chi connectivity index (χ4v) is 2.00. The molecule has 5 nitrogen and oxygen atoms in total. The molecule has 0 aromatic carbocycles. The van der Waals surface area contributed by atoms with E-state index in [0.717, 1.165) is 37.7 Å². The van der Waals surface area contributed by atoms with Crippen LogP contribution in [-0.2, 0) is 14.3 Å². The lowest BCUT2D eigenvalue weighted by Crippen LogP contribution is -2.32. The van der Waals surface area contributed by atoms with Crippen LogP contribution in [0.1, 0.15) is 39.0 Å². The molecular formula is C12H20N2O3S. The third kappa shape index (κ3) is 4.03. The van der Waals surface area contributed by atoms with E-state index in [1.807, 2.05) is 0 Å². The molecule has 0 bridgehead atoms. The number of esters is 2. The van der Waals surface area contributed by atoms with Crippen LogP contribution in [0.5, 0.6) is 0 Å². The van der Waals surface area contributed by atoms with E-state index >= 15 is 0 Å². The van der Waals surface area contributed by atoms with Gasteiger partial charge in [-0.25, -0.2) is 4.79 Å². The summed E-state index contributed by atoms with van der Waals surface area (Å²) in [5, 5.41) is 0. The zero-order valence-corrected chi connectivity index (χ0v) is 11.5. The van der Waals surface area contributed by atoms with Crippen molar-refractivity contribution in [3.8, 4) is 0 Å². The molecule has 102 valence electrons. The molecule has 0 aromatic heterocycles. The van der Waals surface area contributed by atoms with Crippen LogP contribution in [0.4, 0.5) is 0 Å². The summed E-state index contributed by atoms with van der Waals surface area (Å²) in [4.78, 5) is 23.3. The van der Waals surface area contributed by atoms with Crippen molar-refractivity contribution in [2.45, 2.75) is 39.0 Å². The zero-order valence-electron chi connectivity index (χ0n) is 10.6. The van der Waals surface area contributed by atoms with Gasteiger partial charge in [0.2, 0.25) is 0 Å². The van der Waals surface area contributed by atoms with E-state index in [1.165, 1.54) is 0 Å². The average Bonchev–Trinajstić information content (AvgIpc) is 2.39. The van der Waals surface area contributed by atoms with Gasteiger partial charge in [0.15, 0.2) is 0 Å². The standard InChI is InChI=1S/C12H20N2O3S/c1-8(7-18)11(15)17-12(16)10(14-13)9-5-3-2-4-6-9/h8,14,18H,2-7,13H2,1H3/t8-/m1/s1. The lowest BCUT2D eigenvalue weighted by atomic mass is 9.93. The number of carbonyl (C=O) groups is 2. The quantitative estimate of drug-likeness (QED) is 0.179. The molecule has 1 atom stereocenters. The molecule has 1 saturated carbocycles. The number of ether oxygens (including phenoxy) is 1. The molecule has 0 amide bonds. The molecule has 1 aliphatic rings. The second-order valence-electron chi connectivity index (χ2n) is 4.48. The lowest BCUT2D eigenvalue weighted by molar-refractivity contribution is -0.159. The van der Waals surface area contributed by atoms with Crippen LogP contribution in [0, 0.1) is 5.92 Å². The Hall–Kier alpha value is -1.01. The van der Waals surface area contributed by atoms with Crippen LogP contribution in [-0.4, -0.2) is 17.7 Å². The van der Waals surface area contributed by atoms with Crippen molar-refractivity contribution in [2.75, 3.05) is 5.75 Å². The number of hydrazine groups is 1. The highest BCUT2D eigenvalue weighted by molar-refractivity contribution is 7.80. The van der Waals surface area contributed by atoms with Gasteiger partial charge in [0, 0.05) is 5.75 Å². The summed E-state index contributed by atoms with van der Waals surface area (Å²) in [5.74, 6) is 4.03. The van der Waals surface area contributed by atoms with E-state index < -0.39 is 17.9 Å². The van der Waals surface area contributed by atoms with Crippen LogP contribution in [0.25, 0.3) is 0 Å². The normalized spacial score (nSPS) is 16.9. The molecule has 0 unspecified atom stereocenters. The molecule has 0 radical (unpaired) electrons. The van der Waals surface area contributed by atoms with E-state index in [2.05, 4.69) is 18.1 Å². The number of hydrogen-bond donors (Lipinski definition) is 3. The van der Waals surface area contributed by atoms with Gasteiger partial charge in [-0.05, 0) is 31.3 Å². The van der Waals surface area contributed by atoms with Crippen molar-refractivity contribution in [3.05, 3.63) is 11.3 Å². The largest absolute Gasteiger partial charge is 0.388 e. The summed E-state index contributed by atoms with van der Waals surface area (Å²) in [6.45, 7) is 1.66. The first-order valence-corrected chi connectivity index (χ1v) is 6.79. The Balaban J connectivity index is 2.70. The Bertz CT molecular complexity index is 347. The van der Waals surface area contributed by atoms with Gasteiger partial charge in [-0.1, -0.05) is 13.3 Å². The Labute approximate surface area is 113 Å². The first kappa shape index (κ1) is 15.0. The number of thiol groups is 1. The minimum absolute atomic E-state index is 0.231. The summed E-state index contributed by atoms with van der Waals surface area (Å²) < 4.78 is 4.78. The van der Waals surface area contributed by atoms with Gasteiger partial charge in [0.1, 0.15) is 5.70 Å². The number of rotatable bonds is 4. The average molecular weight is 272 g/mol. The highest BCUT2D eigenvalue weighted by Gasteiger charge is 2.23. The molecule has 1 rings (SSSR count). The summed E-state index contributed by atoms with van der Waals surface area (Å²) >= 11 is 3.99. The molecule has 0 spiro atoms. The van der Waals surface area contributed by atoms with Gasteiger partial charge >= 0.3 is 11.9 Å². The number of allylic oxidation sites excluding steroid dienone is 1. The molecule has 0 aliphatic heterocycles. The predicted octanol–water partition coefficient (Wildman–Crippen LogP) is 1.30. The third-order valence-electron chi connectivity index (χ3n) is 3.03. The Morgan fingerprint density at radius 1 is 1.39 bits per heavy atom. The van der Waals surface area contributed by atoms with Gasteiger partial charge in [-0.15, -0.1) is 0 Å². The molecule has 3 N–H and O–H groups in total. The number of nitrogens with one attached hydrogen (secondary N) is 1. The molecular weight excluding hydrogens is 252 g/mol. The van der Waals surface area contributed by atoms with Crippen molar-refractivity contribution in [2.24, 2.45) is 11.8 Å². The van der Waals surface area contributed by atoms with Crippen LogP contribution in [0.2, 0.25) is 0 Å². The van der Waals surface area contributed by atoms with Crippen molar-refractivity contribution in [3.63, 3.8) is 0 Å². The Morgan fingerprint density at radius 3 is 2.50 bits per heavy atom. The van der Waals surface area contributed by atoms with Crippen molar-refractivity contribution < 1.29 is 14.3 Å². The lowest BCUT2D eigenvalue weighted by Gasteiger charge is -2.18. The van der Waals surface area contributed by atoms with E-state index in [4.69, 9.17) is 10.6 Å². The van der Waals surface area contributed by atoms with Gasteiger partial charge < -0.3 is 10.2 Å². The third-order valence-corrected chi connectivity index (χ3v) is 3.58. The second-order valence-corrected chi connectivity index (χ2v) is 4.84. The number of hydrogen-bond acceptors (Lipinski definition) is 6. The monoisotopic (exact) mass is 272 g/mol. The first-order chi connectivity index (χ1) is 8.60. The van der Waals surface area contributed by atoms with Crippen LogP contribution >= 0.6 is 12.6 Å². The molecule has 0 heterocycles. The van der Waals surface area contributed by atoms with Crippen LogP contribution in [0.15, 0.2) is 11.3 Å². The highest BCUT2D eigenvalue weighted by Crippen LogP contribution is 2.25. The van der Waals surface area contributed by atoms with Crippen LogP contribution in [0.3, 0.4) is 0 Å². The van der Waals surface area contributed by atoms with Crippen LogP contribution < -0.4 is 11.3 Å². The van der Waals surface area contributed by atoms with E-state index in [0.29, 0.717) is 5.75 Å². The molecule has 0 aromatic rings. The SMILES string of the molecule is C[C@H](CS)C(=O)OC(=O)C(NN)=C1CCCCC1. The molecule has 0 saturated heterocycles. The minimum atomic E-state index is -0.687. The molecule has 6 heteroatoms. The minimum Gasteiger partial charge on any atom is -0.388 e. The Morgan fingerprint density at radius 2 is 2.00 bits per heavy atom. The number of nitrogens with two attached hydrogens (primary N) is 1. The summed E-state index contributed by atoms with van der Waals surface area (Å²) in [6, 6.07) is 0. The maximum atomic E-state index is 11.8. The predicted molar refractivity (Wildman–Crippen MR) is 71.6 cm³/mol. The van der Waals surface area contributed by atoms with Crippen molar-refractivity contribution in [1.82, 2.24) is 5.43 Å². The van der Waals surface area contributed by atoms with E-state index in [1.54, 1.807) is 6.92 Å². The maximum absolute atomic E-state index is 11.8. The topological polar surface area (TPSA) is 81.4 Å². The molecule has 18 heavy (non-hydrogen) atoms.